The summed E-state index contributed by atoms with van der Waals surface area (Å²) >= 11 is 1.77. The molecule has 0 spiro atoms. The third kappa shape index (κ3) is 5.68. The van der Waals surface area contributed by atoms with Gasteiger partial charge in [0, 0.05) is 50.1 Å². The molecule has 2 aliphatic heterocycles. The molecule has 0 saturated carbocycles. The second-order valence-electron chi connectivity index (χ2n) is 8.26. The summed E-state index contributed by atoms with van der Waals surface area (Å²) in [5.41, 5.74) is 1.52. The van der Waals surface area contributed by atoms with Crippen molar-refractivity contribution < 1.29 is 14.4 Å². The largest absolute Gasteiger partial charge is 0.367 e. The number of likely N-dealkylation sites (tertiary alicyclic amines) is 1. The summed E-state index contributed by atoms with van der Waals surface area (Å²) in [6.45, 7) is 4.94. The van der Waals surface area contributed by atoms with Gasteiger partial charge < -0.3 is 15.5 Å². The predicted octanol–water partition coefficient (Wildman–Crippen LogP) is 1.32. The Labute approximate surface area is 191 Å². The van der Waals surface area contributed by atoms with Crippen LogP contribution >= 0.6 is 11.3 Å². The van der Waals surface area contributed by atoms with Crippen LogP contribution < -0.4 is 10.6 Å². The van der Waals surface area contributed by atoms with Gasteiger partial charge in [0.1, 0.15) is 17.8 Å². The zero-order valence-corrected chi connectivity index (χ0v) is 19.0. The molecule has 2 aliphatic rings. The van der Waals surface area contributed by atoms with Gasteiger partial charge in [-0.05, 0) is 36.3 Å². The molecular formula is C22H28N6O3S. The standard InChI is InChI=1S/C22H28N6O3S/c1-15(29)28-7-2-17(3-8-28)26-21-10-19(24-14-25-21)22(31)23-11-18(30)13-27-6-4-20-16(12-27)5-9-32-20/h5,9-10,14,17H,2-4,6-8,11-13H2,1H3,(H,23,31)(H,24,25,26). The molecule has 0 atom stereocenters. The van der Waals surface area contributed by atoms with Gasteiger partial charge in [0.15, 0.2) is 5.78 Å². The van der Waals surface area contributed by atoms with Crippen molar-refractivity contribution in [1.29, 1.82) is 0 Å². The molecule has 0 bridgehead atoms. The molecule has 0 unspecified atom stereocenters. The average molecular weight is 457 g/mol. The summed E-state index contributed by atoms with van der Waals surface area (Å²) in [5.74, 6) is 0.240. The second kappa shape index (κ2) is 10.2. The molecule has 4 rings (SSSR count). The van der Waals surface area contributed by atoms with Gasteiger partial charge in [-0.25, -0.2) is 9.97 Å². The summed E-state index contributed by atoms with van der Waals surface area (Å²) in [6, 6.07) is 3.90. The molecule has 4 heterocycles. The number of nitrogens with one attached hydrogen (secondary N) is 2. The lowest BCUT2D eigenvalue weighted by Gasteiger charge is -2.31. The molecule has 170 valence electrons. The SMILES string of the molecule is CC(=O)N1CCC(Nc2cc(C(=O)NCC(=O)CN3CCc4sccc4C3)ncn2)CC1. The van der Waals surface area contributed by atoms with E-state index in [4.69, 9.17) is 0 Å². The Morgan fingerprint density at radius 3 is 2.78 bits per heavy atom. The lowest BCUT2D eigenvalue weighted by Crippen LogP contribution is -2.41. The number of carbonyl (C=O) groups excluding carboxylic acids is 3. The number of aromatic nitrogens is 2. The maximum Gasteiger partial charge on any atom is 0.270 e. The highest BCUT2D eigenvalue weighted by Gasteiger charge is 2.22. The predicted molar refractivity (Wildman–Crippen MR) is 122 cm³/mol. The number of fused-ring (bicyclic) bond motifs is 1. The van der Waals surface area contributed by atoms with Gasteiger partial charge >= 0.3 is 0 Å². The van der Waals surface area contributed by atoms with Crippen LogP contribution in [0, 0.1) is 0 Å². The first-order valence-electron chi connectivity index (χ1n) is 10.9. The molecule has 2 aromatic heterocycles. The van der Waals surface area contributed by atoms with Crippen LogP contribution in [-0.2, 0) is 22.6 Å². The lowest BCUT2D eigenvalue weighted by molar-refractivity contribution is -0.129. The number of anilines is 1. The maximum atomic E-state index is 12.5. The molecule has 2 aromatic rings. The molecule has 2 amide bonds. The number of amides is 2. The fourth-order valence-corrected chi connectivity index (χ4v) is 5.01. The van der Waals surface area contributed by atoms with Crippen LogP contribution in [0.25, 0.3) is 0 Å². The van der Waals surface area contributed by atoms with E-state index in [9.17, 15) is 14.4 Å². The van der Waals surface area contributed by atoms with Crippen LogP contribution in [0.15, 0.2) is 23.8 Å². The van der Waals surface area contributed by atoms with Gasteiger partial charge in [-0.2, -0.15) is 0 Å². The molecule has 1 saturated heterocycles. The molecule has 32 heavy (non-hydrogen) atoms. The minimum atomic E-state index is -0.394. The van der Waals surface area contributed by atoms with Crippen LogP contribution in [-0.4, -0.2) is 76.1 Å². The first-order valence-corrected chi connectivity index (χ1v) is 11.8. The van der Waals surface area contributed by atoms with Crippen molar-refractivity contribution in [3.05, 3.63) is 40.0 Å². The quantitative estimate of drug-likeness (QED) is 0.647. The molecule has 9 nitrogen and oxygen atoms in total. The number of nitrogens with zero attached hydrogens (tertiary/aromatic N) is 4. The number of rotatable bonds is 7. The fourth-order valence-electron chi connectivity index (χ4n) is 4.12. The van der Waals surface area contributed by atoms with E-state index in [-0.39, 0.29) is 30.0 Å². The van der Waals surface area contributed by atoms with Crippen LogP contribution in [0.3, 0.4) is 0 Å². The Kier molecular flexibility index (Phi) is 7.11. The molecule has 2 N–H and O–H groups in total. The highest BCUT2D eigenvalue weighted by molar-refractivity contribution is 7.10. The maximum absolute atomic E-state index is 12.5. The lowest BCUT2D eigenvalue weighted by atomic mass is 10.1. The van der Waals surface area contributed by atoms with Crippen molar-refractivity contribution in [2.75, 3.05) is 38.0 Å². The number of hydrogen-bond acceptors (Lipinski definition) is 8. The van der Waals surface area contributed by atoms with Crippen LogP contribution in [0.2, 0.25) is 0 Å². The molecule has 1 fully saturated rings. The molecule has 0 aliphatic carbocycles. The molecular weight excluding hydrogens is 428 g/mol. The highest BCUT2D eigenvalue weighted by Crippen LogP contribution is 2.23. The van der Waals surface area contributed by atoms with Gasteiger partial charge in [-0.1, -0.05) is 0 Å². The first kappa shape index (κ1) is 22.3. The van der Waals surface area contributed by atoms with E-state index in [0.29, 0.717) is 25.5 Å². The highest BCUT2D eigenvalue weighted by atomic mass is 32.1. The number of hydrogen-bond donors (Lipinski definition) is 2. The van der Waals surface area contributed by atoms with Crippen molar-refractivity contribution >= 4 is 34.8 Å². The zero-order valence-electron chi connectivity index (χ0n) is 18.2. The monoisotopic (exact) mass is 456 g/mol. The van der Waals surface area contributed by atoms with E-state index in [0.717, 1.165) is 32.4 Å². The van der Waals surface area contributed by atoms with E-state index in [1.54, 1.807) is 24.3 Å². The van der Waals surface area contributed by atoms with Gasteiger partial charge in [-0.15, -0.1) is 11.3 Å². The summed E-state index contributed by atoms with van der Waals surface area (Å²) in [4.78, 5) is 49.9. The summed E-state index contributed by atoms with van der Waals surface area (Å²) < 4.78 is 0. The topological polar surface area (TPSA) is 108 Å². The minimum Gasteiger partial charge on any atom is -0.367 e. The van der Waals surface area contributed by atoms with E-state index in [2.05, 4.69) is 36.9 Å². The average Bonchev–Trinajstić information content (AvgIpc) is 3.26. The van der Waals surface area contributed by atoms with Crippen LogP contribution in [0.5, 0.6) is 0 Å². The van der Waals surface area contributed by atoms with E-state index >= 15 is 0 Å². The fraction of sp³-hybridized carbons (Fsp3) is 0.500. The third-order valence-corrected chi connectivity index (χ3v) is 6.95. The third-order valence-electron chi connectivity index (χ3n) is 5.92. The van der Waals surface area contributed by atoms with Gasteiger partial charge in [0.25, 0.3) is 5.91 Å². The molecule has 0 aromatic carbocycles. The summed E-state index contributed by atoms with van der Waals surface area (Å²) in [7, 11) is 0. The van der Waals surface area contributed by atoms with Crippen molar-refractivity contribution in [1.82, 2.24) is 25.1 Å². The molecule has 10 heteroatoms. The minimum absolute atomic E-state index is 0.0257. The van der Waals surface area contributed by atoms with Crippen molar-refractivity contribution in [3.8, 4) is 0 Å². The summed E-state index contributed by atoms with van der Waals surface area (Å²) in [6.07, 6.45) is 3.96. The van der Waals surface area contributed by atoms with Gasteiger partial charge in [0.2, 0.25) is 5.91 Å². The normalized spacial score (nSPS) is 17.0. The number of ketones is 1. The number of Topliss-reactive ketones (excluding diaryl/α,β-unsaturated/α-hetero) is 1. The molecule has 0 radical (unpaired) electrons. The van der Waals surface area contributed by atoms with E-state index in [1.807, 2.05) is 4.90 Å². The van der Waals surface area contributed by atoms with E-state index < -0.39 is 5.91 Å². The zero-order chi connectivity index (χ0) is 22.5. The van der Waals surface area contributed by atoms with Gasteiger partial charge in [0.05, 0.1) is 13.1 Å². The van der Waals surface area contributed by atoms with Crippen molar-refractivity contribution in [2.24, 2.45) is 0 Å². The van der Waals surface area contributed by atoms with Crippen molar-refractivity contribution in [3.63, 3.8) is 0 Å². The Hall–Kier alpha value is -2.85. The number of carbonyl (C=O) groups is 3. The number of piperidine rings is 1. The Morgan fingerprint density at radius 1 is 1.19 bits per heavy atom. The van der Waals surface area contributed by atoms with Crippen LogP contribution in [0.1, 0.15) is 40.7 Å². The Bertz CT molecular complexity index is 986. The summed E-state index contributed by atoms with van der Waals surface area (Å²) in [5, 5.41) is 8.09. The smallest absolute Gasteiger partial charge is 0.270 e. The van der Waals surface area contributed by atoms with Gasteiger partial charge in [-0.3, -0.25) is 19.3 Å². The Balaban J connectivity index is 1.23. The second-order valence-corrected chi connectivity index (χ2v) is 9.26. The number of thiophene rings is 1. The van der Waals surface area contributed by atoms with E-state index in [1.165, 1.54) is 16.8 Å². The Morgan fingerprint density at radius 2 is 2.00 bits per heavy atom. The van der Waals surface area contributed by atoms with Crippen molar-refractivity contribution in [2.45, 2.75) is 38.8 Å². The van der Waals surface area contributed by atoms with Crippen LogP contribution in [0.4, 0.5) is 5.82 Å². The first-order chi connectivity index (χ1) is 15.5.